The Kier molecular flexibility index (Phi) is 4.14. The lowest BCUT2D eigenvalue weighted by atomic mass is 10.1. The van der Waals surface area contributed by atoms with Gasteiger partial charge in [-0.2, -0.15) is 0 Å². The first-order valence-electron chi connectivity index (χ1n) is 6.19. The number of hydrogen-bond acceptors (Lipinski definition) is 1. The fourth-order valence-electron chi connectivity index (χ4n) is 1.87. The van der Waals surface area contributed by atoms with Gasteiger partial charge in [-0.05, 0) is 23.3 Å². The third-order valence-corrected chi connectivity index (χ3v) is 2.62. The Labute approximate surface area is 113 Å². The lowest BCUT2D eigenvalue weighted by molar-refractivity contribution is 0.438. The highest BCUT2D eigenvalue weighted by atomic mass is 16.3. The standard InChI is InChI=1S/C17H16O2/c1-13-10-16(11-14(2)19-13)12-17(18)9-8-15-6-4-3-5-7-15/h3-12H,1-2H3/p+1/b9-8+,17-12-. The van der Waals surface area contributed by atoms with Gasteiger partial charge in [0.1, 0.15) is 5.76 Å². The molecule has 0 unspecified atom stereocenters. The van der Waals surface area contributed by atoms with Crippen LogP contribution in [-0.2, 0) is 0 Å². The summed E-state index contributed by atoms with van der Waals surface area (Å²) >= 11 is 0. The fourth-order valence-corrected chi connectivity index (χ4v) is 1.87. The van der Waals surface area contributed by atoms with Crippen LogP contribution in [0.25, 0.3) is 12.2 Å². The highest BCUT2D eigenvalue weighted by Crippen LogP contribution is 2.13. The van der Waals surface area contributed by atoms with E-state index >= 15 is 0 Å². The van der Waals surface area contributed by atoms with Crippen molar-refractivity contribution >= 4 is 12.2 Å². The number of aryl methyl sites for hydroxylation is 2. The Bertz CT molecular complexity index is 590. The van der Waals surface area contributed by atoms with Crippen LogP contribution in [-0.4, -0.2) is 5.11 Å². The van der Waals surface area contributed by atoms with Crippen LogP contribution in [0, 0.1) is 13.8 Å². The summed E-state index contributed by atoms with van der Waals surface area (Å²) in [6.45, 7) is 3.78. The summed E-state index contributed by atoms with van der Waals surface area (Å²) in [5.74, 6) is 1.87. The molecule has 2 nitrogen and oxygen atoms in total. The van der Waals surface area contributed by atoms with Crippen molar-refractivity contribution in [2.45, 2.75) is 13.8 Å². The second-order valence-electron chi connectivity index (χ2n) is 4.43. The highest BCUT2D eigenvalue weighted by Gasteiger charge is 2.06. The molecule has 19 heavy (non-hydrogen) atoms. The van der Waals surface area contributed by atoms with Crippen molar-refractivity contribution in [1.29, 1.82) is 0 Å². The van der Waals surface area contributed by atoms with Gasteiger partial charge in [0.15, 0.2) is 0 Å². The number of benzene rings is 1. The van der Waals surface area contributed by atoms with Crippen molar-refractivity contribution < 1.29 is 9.52 Å². The molecule has 0 bridgehead atoms. The molecule has 0 amide bonds. The van der Waals surface area contributed by atoms with Crippen molar-refractivity contribution in [2.24, 2.45) is 0 Å². The molecule has 0 fully saturated rings. The fraction of sp³-hybridized carbons (Fsp3) is 0.118. The molecule has 0 saturated heterocycles. The van der Waals surface area contributed by atoms with E-state index in [0.717, 1.165) is 22.6 Å². The summed E-state index contributed by atoms with van der Waals surface area (Å²) in [5, 5.41) is 9.89. The van der Waals surface area contributed by atoms with Crippen LogP contribution in [0.1, 0.15) is 22.6 Å². The molecule has 0 atom stereocenters. The average molecular weight is 253 g/mol. The minimum Gasteiger partial charge on any atom is -0.508 e. The van der Waals surface area contributed by atoms with Crippen LogP contribution < -0.4 is 0 Å². The van der Waals surface area contributed by atoms with Crippen LogP contribution in [0.15, 0.2) is 58.7 Å². The maximum atomic E-state index is 9.89. The monoisotopic (exact) mass is 253 g/mol. The molecular weight excluding hydrogens is 236 g/mol. The van der Waals surface area contributed by atoms with Crippen LogP contribution in [0.4, 0.5) is 0 Å². The van der Waals surface area contributed by atoms with Crippen LogP contribution in [0.3, 0.4) is 0 Å². The summed E-state index contributed by atoms with van der Waals surface area (Å²) in [7, 11) is 0. The molecule has 0 spiro atoms. The molecule has 0 saturated carbocycles. The van der Waals surface area contributed by atoms with Gasteiger partial charge in [0.05, 0.1) is 13.8 Å². The maximum Gasteiger partial charge on any atom is 0.327 e. The predicted molar refractivity (Wildman–Crippen MR) is 78.7 cm³/mol. The summed E-state index contributed by atoms with van der Waals surface area (Å²) in [5.41, 5.74) is 1.98. The van der Waals surface area contributed by atoms with E-state index in [0.29, 0.717) is 0 Å². The maximum absolute atomic E-state index is 9.89. The van der Waals surface area contributed by atoms with E-state index < -0.39 is 0 Å². The van der Waals surface area contributed by atoms with Gasteiger partial charge >= 0.3 is 11.5 Å². The molecule has 0 aliphatic heterocycles. The molecular formula is C17H17O2+. The molecule has 0 aliphatic carbocycles. The van der Waals surface area contributed by atoms with E-state index in [4.69, 9.17) is 4.42 Å². The van der Waals surface area contributed by atoms with E-state index in [1.54, 1.807) is 12.2 Å². The van der Waals surface area contributed by atoms with Gasteiger partial charge in [0.25, 0.3) is 0 Å². The van der Waals surface area contributed by atoms with Gasteiger partial charge in [-0.15, -0.1) is 0 Å². The van der Waals surface area contributed by atoms with Crippen molar-refractivity contribution in [3.63, 3.8) is 0 Å². The van der Waals surface area contributed by atoms with E-state index in [1.165, 1.54) is 0 Å². The molecule has 0 aliphatic rings. The number of allylic oxidation sites excluding steroid dienone is 1. The second-order valence-corrected chi connectivity index (χ2v) is 4.43. The number of hydrogen-bond donors (Lipinski definition) is 1. The third kappa shape index (κ3) is 4.11. The van der Waals surface area contributed by atoms with Gasteiger partial charge < -0.3 is 5.11 Å². The zero-order valence-electron chi connectivity index (χ0n) is 11.1. The molecule has 2 heteroatoms. The van der Waals surface area contributed by atoms with Gasteiger partial charge in [-0.25, -0.2) is 4.42 Å². The second kappa shape index (κ2) is 6.01. The van der Waals surface area contributed by atoms with E-state index in [1.807, 2.05) is 62.4 Å². The minimum absolute atomic E-state index is 0.217. The normalized spacial score (nSPS) is 12.0. The van der Waals surface area contributed by atoms with Crippen molar-refractivity contribution in [3.05, 3.63) is 76.9 Å². The van der Waals surface area contributed by atoms with Gasteiger partial charge in [0, 0.05) is 12.1 Å². The molecule has 0 radical (unpaired) electrons. The van der Waals surface area contributed by atoms with Crippen molar-refractivity contribution in [1.82, 2.24) is 0 Å². The quantitative estimate of drug-likeness (QED) is 0.484. The average Bonchev–Trinajstić information content (AvgIpc) is 2.36. The molecule has 2 aromatic rings. The number of aliphatic hydroxyl groups excluding tert-OH is 1. The van der Waals surface area contributed by atoms with Gasteiger partial charge in [0.2, 0.25) is 0 Å². The van der Waals surface area contributed by atoms with Crippen LogP contribution in [0.5, 0.6) is 0 Å². The predicted octanol–water partition coefficient (Wildman–Crippen LogP) is 4.79. The SMILES string of the molecule is Cc1cc(/C=C(O)/C=C/c2ccccc2)cc(C)[o+]1. The summed E-state index contributed by atoms with van der Waals surface area (Å²) in [4.78, 5) is 0. The van der Waals surface area contributed by atoms with Crippen LogP contribution in [0.2, 0.25) is 0 Å². The van der Waals surface area contributed by atoms with E-state index in [-0.39, 0.29) is 5.76 Å². The van der Waals surface area contributed by atoms with Gasteiger partial charge in [-0.3, -0.25) is 0 Å². The Morgan fingerprint density at radius 2 is 1.63 bits per heavy atom. The topological polar surface area (TPSA) is 31.5 Å². The Balaban J connectivity index is 2.17. The first-order chi connectivity index (χ1) is 9.13. The van der Waals surface area contributed by atoms with E-state index in [9.17, 15) is 5.11 Å². The zero-order chi connectivity index (χ0) is 13.7. The first kappa shape index (κ1) is 13.1. The lowest BCUT2D eigenvalue weighted by Crippen LogP contribution is -1.82. The third-order valence-electron chi connectivity index (χ3n) is 2.62. The Hall–Kier alpha value is -2.35. The van der Waals surface area contributed by atoms with Crippen molar-refractivity contribution in [2.75, 3.05) is 0 Å². The molecule has 1 aromatic carbocycles. The summed E-state index contributed by atoms with van der Waals surface area (Å²) in [6, 6.07) is 13.6. The summed E-state index contributed by atoms with van der Waals surface area (Å²) < 4.78 is 5.40. The molecule has 1 aromatic heterocycles. The molecule has 96 valence electrons. The first-order valence-corrected chi connectivity index (χ1v) is 6.19. The number of aliphatic hydroxyl groups is 1. The van der Waals surface area contributed by atoms with Gasteiger partial charge in [-0.1, -0.05) is 36.4 Å². The molecule has 1 heterocycles. The largest absolute Gasteiger partial charge is 0.508 e. The Morgan fingerprint density at radius 1 is 1.00 bits per heavy atom. The van der Waals surface area contributed by atoms with Crippen LogP contribution >= 0.6 is 0 Å². The minimum atomic E-state index is 0.217. The molecule has 1 N–H and O–H groups in total. The zero-order valence-corrected chi connectivity index (χ0v) is 11.1. The van der Waals surface area contributed by atoms with E-state index in [2.05, 4.69) is 0 Å². The lowest BCUT2D eigenvalue weighted by Gasteiger charge is -1.94. The molecule has 2 rings (SSSR count). The number of rotatable bonds is 3. The Morgan fingerprint density at radius 3 is 2.26 bits per heavy atom. The highest BCUT2D eigenvalue weighted by molar-refractivity contribution is 5.59. The summed E-state index contributed by atoms with van der Waals surface area (Å²) in [6.07, 6.45) is 5.28. The smallest absolute Gasteiger partial charge is 0.327 e. The van der Waals surface area contributed by atoms with Crippen molar-refractivity contribution in [3.8, 4) is 0 Å².